The van der Waals surface area contributed by atoms with Gasteiger partial charge in [0.2, 0.25) is 0 Å². The molecule has 1 unspecified atom stereocenters. The third kappa shape index (κ3) is 3.36. The molecular weight excluding hydrogens is 212 g/mol. The van der Waals surface area contributed by atoms with Crippen molar-refractivity contribution in [3.63, 3.8) is 0 Å². The van der Waals surface area contributed by atoms with Gasteiger partial charge in [-0.25, -0.2) is 0 Å². The van der Waals surface area contributed by atoms with Crippen LogP contribution < -0.4 is 5.32 Å². The highest BCUT2D eigenvalue weighted by molar-refractivity contribution is 5.94. The standard InChI is InChI=1S/C14H14N2O/c1-4-13(10(2)3)16-14(17)12-7-5-6-11(8-12)9-15/h1,5-8,10,13H,2-3H3,(H,16,17). The zero-order valence-corrected chi connectivity index (χ0v) is 9.90. The van der Waals surface area contributed by atoms with Crippen molar-refractivity contribution in [1.29, 1.82) is 5.26 Å². The Bertz CT molecular complexity index is 492. The summed E-state index contributed by atoms with van der Waals surface area (Å²) in [5.74, 6) is 2.45. The molecule has 1 aromatic rings. The lowest BCUT2D eigenvalue weighted by Crippen LogP contribution is -2.37. The molecule has 1 atom stereocenters. The van der Waals surface area contributed by atoms with E-state index in [2.05, 4.69) is 11.2 Å². The second-order valence-electron chi connectivity index (χ2n) is 4.05. The second-order valence-corrected chi connectivity index (χ2v) is 4.05. The maximum atomic E-state index is 11.9. The van der Waals surface area contributed by atoms with E-state index in [1.54, 1.807) is 24.3 Å². The van der Waals surface area contributed by atoms with Gasteiger partial charge < -0.3 is 5.32 Å². The molecule has 0 radical (unpaired) electrons. The summed E-state index contributed by atoms with van der Waals surface area (Å²) in [6.07, 6.45) is 5.34. The van der Waals surface area contributed by atoms with Gasteiger partial charge in [0.25, 0.3) is 5.91 Å². The largest absolute Gasteiger partial charge is 0.338 e. The first-order valence-corrected chi connectivity index (χ1v) is 5.35. The fraction of sp³-hybridized carbons (Fsp3) is 0.286. The molecule has 0 saturated heterocycles. The maximum absolute atomic E-state index is 11.9. The average molecular weight is 226 g/mol. The summed E-state index contributed by atoms with van der Waals surface area (Å²) < 4.78 is 0. The first-order valence-electron chi connectivity index (χ1n) is 5.35. The molecule has 0 heterocycles. The van der Waals surface area contributed by atoms with E-state index in [-0.39, 0.29) is 17.9 Å². The third-order valence-electron chi connectivity index (χ3n) is 2.39. The van der Waals surface area contributed by atoms with Crippen LogP contribution in [0, 0.1) is 29.6 Å². The Morgan fingerprint density at radius 3 is 2.71 bits per heavy atom. The average Bonchev–Trinajstić information content (AvgIpc) is 2.35. The van der Waals surface area contributed by atoms with Crippen molar-refractivity contribution in [3.05, 3.63) is 35.4 Å². The molecule has 3 nitrogen and oxygen atoms in total. The first kappa shape index (κ1) is 12.8. The summed E-state index contributed by atoms with van der Waals surface area (Å²) in [4.78, 5) is 11.9. The molecule has 0 spiro atoms. The van der Waals surface area contributed by atoms with Gasteiger partial charge in [-0.15, -0.1) is 6.42 Å². The van der Waals surface area contributed by atoms with Crippen LogP contribution >= 0.6 is 0 Å². The van der Waals surface area contributed by atoms with Crippen molar-refractivity contribution in [2.45, 2.75) is 19.9 Å². The minimum absolute atomic E-state index is 0.170. The molecule has 3 heteroatoms. The van der Waals surface area contributed by atoms with Crippen molar-refractivity contribution in [3.8, 4) is 18.4 Å². The highest BCUT2D eigenvalue weighted by Crippen LogP contribution is 2.06. The molecular formula is C14H14N2O. The maximum Gasteiger partial charge on any atom is 0.252 e. The zero-order chi connectivity index (χ0) is 12.8. The van der Waals surface area contributed by atoms with Crippen molar-refractivity contribution in [1.82, 2.24) is 5.32 Å². The summed E-state index contributed by atoms with van der Waals surface area (Å²) in [7, 11) is 0. The number of nitrogens with zero attached hydrogens (tertiary/aromatic N) is 1. The Morgan fingerprint density at radius 2 is 2.18 bits per heavy atom. The van der Waals surface area contributed by atoms with Crippen molar-refractivity contribution >= 4 is 5.91 Å². The fourth-order valence-electron chi connectivity index (χ4n) is 1.36. The Hall–Kier alpha value is -2.26. The molecule has 0 aliphatic heterocycles. The summed E-state index contributed by atoms with van der Waals surface area (Å²) in [5, 5.41) is 11.5. The van der Waals surface area contributed by atoms with E-state index < -0.39 is 0 Å². The predicted molar refractivity (Wildman–Crippen MR) is 66.1 cm³/mol. The number of nitrogens with one attached hydrogen (secondary N) is 1. The Kier molecular flexibility index (Phi) is 4.31. The smallest absolute Gasteiger partial charge is 0.252 e. The van der Waals surface area contributed by atoms with E-state index >= 15 is 0 Å². The van der Waals surface area contributed by atoms with Crippen LogP contribution in [0.4, 0.5) is 0 Å². The molecule has 86 valence electrons. The van der Waals surface area contributed by atoms with Gasteiger partial charge in [-0.05, 0) is 24.1 Å². The number of carbonyl (C=O) groups excluding carboxylic acids is 1. The highest BCUT2D eigenvalue weighted by atomic mass is 16.1. The Morgan fingerprint density at radius 1 is 1.47 bits per heavy atom. The number of amides is 1. The van der Waals surface area contributed by atoms with Crippen LogP contribution in [-0.2, 0) is 0 Å². The molecule has 1 amide bonds. The normalized spacial score (nSPS) is 11.4. The van der Waals surface area contributed by atoms with E-state index in [4.69, 9.17) is 11.7 Å². The molecule has 0 fully saturated rings. The minimum atomic E-state index is -0.298. The molecule has 1 rings (SSSR count). The summed E-state index contributed by atoms with van der Waals surface area (Å²) in [5.41, 5.74) is 0.907. The number of carbonyl (C=O) groups is 1. The lowest BCUT2D eigenvalue weighted by Gasteiger charge is -2.16. The Balaban J connectivity index is 2.84. The van der Waals surface area contributed by atoms with Crippen molar-refractivity contribution in [2.75, 3.05) is 0 Å². The van der Waals surface area contributed by atoms with E-state index in [0.29, 0.717) is 11.1 Å². The number of nitriles is 1. The van der Waals surface area contributed by atoms with Gasteiger partial charge >= 0.3 is 0 Å². The molecule has 0 aliphatic rings. The summed E-state index contributed by atoms with van der Waals surface area (Å²) in [6, 6.07) is 8.22. The first-order chi connectivity index (χ1) is 8.08. The number of benzene rings is 1. The molecule has 1 aromatic carbocycles. The van der Waals surface area contributed by atoms with Gasteiger partial charge in [0.15, 0.2) is 0 Å². The molecule has 0 saturated carbocycles. The van der Waals surface area contributed by atoms with Gasteiger partial charge in [-0.1, -0.05) is 25.8 Å². The van der Waals surface area contributed by atoms with Crippen LogP contribution in [0.15, 0.2) is 24.3 Å². The van der Waals surface area contributed by atoms with E-state index in [9.17, 15) is 4.79 Å². The van der Waals surface area contributed by atoms with Gasteiger partial charge in [0, 0.05) is 5.56 Å². The molecule has 17 heavy (non-hydrogen) atoms. The quantitative estimate of drug-likeness (QED) is 0.801. The van der Waals surface area contributed by atoms with E-state index in [0.717, 1.165) is 0 Å². The summed E-state index contributed by atoms with van der Waals surface area (Å²) >= 11 is 0. The highest BCUT2D eigenvalue weighted by Gasteiger charge is 2.14. The van der Waals surface area contributed by atoms with Crippen LogP contribution in [0.2, 0.25) is 0 Å². The van der Waals surface area contributed by atoms with Crippen molar-refractivity contribution in [2.24, 2.45) is 5.92 Å². The minimum Gasteiger partial charge on any atom is -0.338 e. The van der Waals surface area contributed by atoms with Crippen LogP contribution in [-0.4, -0.2) is 11.9 Å². The van der Waals surface area contributed by atoms with Crippen LogP contribution in [0.5, 0.6) is 0 Å². The van der Waals surface area contributed by atoms with Crippen LogP contribution in [0.25, 0.3) is 0 Å². The van der Waals surface area contributed by atoms with Gasteiger partial charge in [0.1, 0.15) is 0 Å². The van der Waals surface area contributed by atoms with Crippen LogP contribution in [0.1, 0.15) is 29.8 Å². The molecule has 1 N–H and O–H groups in total. The fourth-order valence-corrected chi connectivity index (χ4v) is 1.36. The molecule has 0 aliphatic carbocycles. The van der Waals surface area contributed by atoms with Crippen LogP contribution in [0.3, 0.4) is 0 Å². The number of rotatable bonds is 3. The third-order valence-corrected chi connectivity index (χ3v) is 2.39. The van der Waals surface area contributed by atoms with E-state index in [1.165, 1.54) is 0 Å². The number of hydrogen-bond donors (Lipinski definition) is 1. The summed E-state index contributed by atoms with van der Waals surface area (Å²) in [6.45, 7) is 3.88. The van der Waals surface area contributed by atoms with E-state index in [1.807, 2.05) is 19.9 Å². The zero-order valence-electron chi connectivity index (χ0n) is 9.90. The molecule has 0 bridgehead atoms. The van der Waals surface area contributed by atoms with Gasteiger partial charge in [-0.3, -0.25) is 4.79 Å². The predicted octanol–water partition coefficient (Wildman–Crippen LogP) is 1.95. The SMILES string of the molecule is C#CC(NC(=O)c1cccc(C#N)c1)C(C)C. The van der Waals surface area contributed by atoms with Crippen molar-refractivity contribution < 1.29 is 4.79 Å². The van der Waals surface area contributed by atoms with Gasteiger partial charge in [-0.2, -0.15) is 5.26 Å². The lowest BCUT2D eigenvalue weighted by molar-refractivity contribution is 0.0938. The Labute approximate surface area is 101 Å². The number of terminal acetylenes is 1. The number of hydrogen-bond acceptors (Lipinski definition) is 2. The second kappa shape index (κ2) is 5.72. The monoisotopic (exact) mass is 226 g/mol. The molecule has 0 aromatic heterocycles. The topological polar surface area (TPSA) is 52.9 Å². The van der Waals surface area contributed by atoms with Gasteiger partial charge in [0.05, 0.1) is 17.7 Å². The lowest BCUT2D eigenvalue weighted by atomic mass is 10.0.